The number of Topliss-reactive ketones (excluding diaryl/α,β-unsaturated/α-hetero) is 1. The fourth-order valence-corrected chi connectivity index (χ4v) is 3.06. The molecule has 0 bridgehead atoms. The smallest absolute Gasteiger partial charge is 0.140 e. The Kier molecular flexibility index (Phi) is 2.05. The first-order valence-electron chi connectivity index (χ1n) is 5.31. The van der Waals surface area contributed by atoms with Crippen molar-refractivity contribution in [2.75, 3.05) is 0 Å². The molecule has 0 N–H and O–H groups in total. The van der Waals surface area contributed by atoms with E-state index in [9.17, 15) is 4.79 Å². The van der Waals surface area contributed by atoms with Crippen molar-refractivity contribution in [2.45, 2.75) is 33.1 Å². The molecular weight excluding hydrogens is 160 g/mol. The SMILES string of the molecule is C=C1CC2C1C(=O)CCC2C(C)C. The molecule has 1 heteroatoms. The van der Waals surface area contributed by atoms with Crippen LogP contribution in [0.1, 0.15) is 33.1 Å². The van der Waals surface area contributed by atoms with Crippen LogP contribution in [0.25, 0.3) is 0 Å². The Labute approximate surface area is 80.2 Å². The fraction of sp³-hybridized carbons (Fsp3) is 0.750. The van der Waals surface area contributed by atoms with Crippen LogP contribution in [0.15, 0.2) is 12.2 Å². The lowest BCUT2D eigenvalue weighted by molar-refractivity contribution is -0.130. The molecule has 2 saturated carbocycles. The van der Waals surface area contributed by atoms with E-state index in [0.29, 0.717) is 11.7 Å². The molecule has 2 aliphatic rings. The molecule has 13 heavy (non-hydrogen) atoms. The summed E-state index contributed by atoms with van der Waals surface area (Å²) < 4.78 is 0. The molecule has 0 aromatic carbocycles. The van der Waals surface area contributed by atoms with Crippen LogP contribution in [0.5, 0.6) is 0 Å². The highest BCUT2D eigenvalue weighted by Gasteiger charge is 2.47. The molecule has 0 aromatic rings. The molecule has 0 heterocycles. The van der Waals surface area contributed by atoms with Crippen molar-refractivity contribution in [3.05, 3.63) is 12.2 Å². The van der Waals surface area contributed by atoms with Gasteiger partial charge in [-0.15, -0.1) is 0 Å². The van der Waals surface area contributed by atoms with Crippen LogP contribution in [0.4, 0.5) is 0 Å². The van der Waals surface area contributed by atoms with Gasteiger partial charge in [-0.25, -0.2) is 0 Å². The van der Waals surface area contributed by atoms with Crippen LogP contribution < -0.4 is 0 Å². The molecule has 0 aromatic heterocycles. The second kappa shape index (κ2) is 2.97. The van der Waals surface area contributed by atoms with Gasteiger partial charge in [-0.3, -0.25) is 4.79 Å². The molecule has 2 fully saturated rings. The highest BCUT2D eigenvalue weighted by atomic mass is 16.1. The van der Waals surface area contributed by atoms with E-state index in [2.05, 4.69) is 20.4 Å². The number of hydrogen-bond acceptors (Lipinski definition) is 1. The third-order valence-corrected chi connectivity index (χ3v) is 3.84. The number of ketones is 1. The summed E-state index contributed by atoms with van der Waals surface area (Å²) in [5.41, 5.74) is 1.19. The topological polar surface area (TPSA) is 17.1 Å². The standard InChI is InChI=1S/C12H18O/c1-7(2)9-4-5-11(13)12-8(3)6-10(9)12/h7,9-10,12H,3-6H2,1-2H3. The molecule has 1 nitrogen and oxygen atoms in total. The zero-order chi connectivity index (χ0) is 9.59. The van der Waals surface area contributed by atoms with E-state index in [0.717, 1.165) is 31.1 Å². The van der Waals surface area contributed by atoms with Crippen molar-refractivity contribution in [1.29, 1.82) is 0 Å². The third-order valence-electron chi connectivity index (χ3n) is 3.84. The van der Waals surface area contributed by atoms with Gasteiger partial charge in [-0.05, 0) is 30.6 Å². The highest BCUT2D eigenvalue weighted by molar-refractivity contribution is 5.86. The number of carbonyl (C=O) groups is 1. The number of rotatable bonds is 1. The van der Waals surface area contributed by atoms with Crippen molar-refractivity contribution < 1.29 is 4.79 Å². The van der Waals surface area contributed by atoms with E-state index in [4.69, 9.17) is 0 Å². The van der Waals surface area contributed by atoms with Crippen molar-refractivity contribution >= 4 is 5.78 Å². The second-order valence-corrected chi connectivity index (χ2v) is 4.92. The molecule has 2 aliphatic carbocycles. The summed E-state index contributed by atoms with van der Waals surface area (Å²) in [5.74, 6) is 2.86. The molecule has 0 saturated heterocycles. The van der Waals surface area contributed by atoms with Gasteiger partial charge in [0.15, 0.2) is 0 Å². The van der Waals surface area contributed by atoms with E-state index in [1.807, 2.05) is 0 Å². The minimum Gasteiger partial charge on any atom is -0.299 e. The average molecular weight is 178 g/mol. The van der Waals surface area contributed by atoms with Crippen molar-refractivity contribution in [3.63, 3.8) is 0 Å². The van der Waals surface area contributed by atoms with E-state index in [-0.39, 0.29) is 5.92 Å². The van der Waals surface area contributed by atoms with E-state index in [1.54, 1.807) is 0 Å². The van der Waals surface area contributed by atoms with Gasteiger partial charge in [0.2, 0.25) is 0 Å². The predicted octanol–water partition coefficient (Wildman–Crippen LogP) is 2.81. The van der Waals surface area contributed by atoms with Crippen LogP contribution in [-0.4, -0.2) is 5.78 Å². The molecular formula is C12H18O. The van der Waals surface area contributed by atoms with Crippen LogP contribution >= 0.6 is 0 Å². The largest absolute Gasteiger partial charge is 0.299 e. The maximum absolute atomic E-state index is 11.6. The summed E-state index contributed by atoms with van der Waals surface area (Å²) >= 11 is 0. The zero-order valence-electron chi connectivity index (χ0n) is 8.55. The van der Waals surface area contributed by atoms with Crippen LogP contribution in [0, 0.1) is 23.7 Å². The Morgan fingerprint density at radius 3 is 2.69 bits per heavy atom. The summed E-state index contributed by atoms with van der Waals surface area (Å²) in [6, 6.07) is 0. The zero-order valence-corrected chi connectivity index (χ0v) is 8.55. The van der Waals surface area contributed by atoms with E-state index in [1.165, 1.54) is 5.57 Å². The van der Waals surface area contributed by atoms with Crippen LogP contribution in [-0.2, 0) is 4.79 Å². The van der Waals surface area contributed by atoms with Gasteiger partial charge >= 0.3 is 0 Å². The van der Waals surface area contributed by atoms with Gasteiger partial charge < -0.3 is 0 Å². The number of carbonyl (C=O) groups excluding carboxylic acids is 1. The maximum atomic E-state index is 11.6. The molecule has 72 valence electrons. The Morgan fingerprint density at radius 2 is 2.15 bits per heavy atom. The van der Waals surface area contributed by atoms with Gasteiger partial charge in [0, 0.05) is 12.3 Å². The number of allylic oxidation sites excluding steroid dienone is 1. The molecule has 0 aliphatic heterocycles. The van der Waals surface area contributed by atoms with E-state index >= 15 is 0 Å². The lowest BCUT2D eigenvalue weighted by Crippen LogP contribution is -2.45. The Balaban J connectivity index is 2.13. The molecule has 0 amide bonds. The van der Waals surface area contributed by atoms with Crippen molar-refractivity contribution in [2.24, 2.45) is 23.7 Å². The molecule has 0 spiro atoms. The monoisotopic (exact) mass is 178 g/mol. The average Bonchev–Trinajstić information content (AvgIpc) is 2.01. The summed E-state index contributed by atoms with van der Waals surface area (Å²) in [5, 5.41) is 0. The predicted molar refractivity (Wildman–Crippen MR) is 53.3 cm³/mol. The fourth-order valence-electron chi connectivity index (χ4n) is 3.06. The van der Waals surface area contributed by atoms with Gasteiger partial charge in [0.05, 0.1) is 0 Å². The lowest BCUT2D eigenvalue weighted by Gasteiger charge is -2.48. The normalized spacial score (nSPS) is 38.8. The Morgan fingerprint density at radius 1 is 1.46 bits per heavy atom. The van der Waals surface area contributed by atoms with E-state index < -0.39 is 0 Å². The van der Waals surface area contributed by atoms with Crippen molar-refractivity contribution in [1.82, 2.24) is 0 Å². The van der Waals surface area contributed by atoms with Gasteiger partial charge in [-0.2, -0.15) is 0 Å². The molecule has 0 radical (unpaired) electrons. The highest BCUT2D eigenvalue weighted by Crippen LogP contribution is 2.51. The van der Waals surface area contributed by atoms with Gasteiger partial charge in [0.25, 0.3) is 0 Å². The molecule has 3 unspecified atom stereocenters. The van der Waals surface area contributed by atoms with Gasteiger partial charge in [-0.1, -0.05) is 26.0 Å². The van der Waals surface area contributed by atoms with Crippen molar-refractivity contribution in [3.8, 4) is 0 Å². The summed E-state index contributed by atoms with van der Waals surface area (Å²) in [6.45, 7) is 8.52. The number of fused-ring (bicyclic) bond motifs is 1. The maximum Gasteiger partial charge on any atom is 0.140 e. The summed E-state index contributed by atoms with van der Waals surface area (Å²) in [6.07, 6.45) is 3.02. The first kappa shape index (κ1) is 8.98. The second-order valence-electron chi connectivity index (χ2n) is 4.92. The third kappa shape index (κ3) is 1.25. The summed E-state index contributed by atoms with van der Waals surface area (Å²) in [4.78, 5) is 11.6. The molecule has 2 rings (SSSR count). The Bertz CT molecular complexity index is 252. The lowest BCUT2D eigenvalue weighted by atomic mass is 9.55. The first-order chi connectivity index (χ1) is 6.11. The first-order valence-corrected chi connectivity index (χ1v) is 5.31. The Hall–Kier alpha value is -0.590. The number of hydrogen-bond donors (Lipinski definition) is 0. The minimum absolute atomic E-state index is 0.251. The van der Waals surface area contributed by atoms with Gasteiger partial charge in [0.1, 0.15) is 5.78 Å². The molecule has 3 atom stereocenters. The summed E-state index contributed by atoms with van der Waals surface area (Å²) in [7, 11) is 0. The minimum atomic E-state index is 0.251. The quantitative estimate of drug-likeness (QED) is 0.564. The van der Waals surface area contributed by atoms with Crippen LogP contribution in [0.3, 0.4) is 0 Å². The van der Waals surface area contributed by atoms with Crippen LogP contribution in [0.2, 0.25) is 0 Å².